The van der Waals surface area contributed by atoms with Crippen LogP contribution in [0.25, 0.3) is 0 Å². The fourth-order valence-corrected chi connectivity index (χ4v) is 1.71. The molecule has 2 aromatic rings. The Balaban J connectivity index is 2.10. The number of carbonyl (C=O) groups excluding carboxylic acids is 1. The summed E-state index contributed by atoms with van der Waals surface area (Å²) < 4.78 is 18.5. The number of carbonyl (C=O) groups is 1. The fourth-order valence-electron chi connectivity index (χ4n) is 1.71. The van der Waals surface area contributed by atoms with E-state index in [0.717, 1.165) is 0 Å². The number of nitrogens with two attached hydrogens (primary N) is 1. The lowest BCUT2D eigenvalue weighted by Gasteiger charge is -2.09. The van der Waals surface area contributed by atoms with E-state index in [1.807, 2.05) is 0 Å². The standard InChI is InChI=1S/C15H14FNO2/c1-10-12(6-4-8-14(10)17)15(18)19-9-11-5-2-3-7-13(11)16/h2-8H,9,17H2,1H3. The molecule has 3 nitrogen and oxygen atoms in total. The topological polar surface area (TPSA) is 52.3 Å². The zero-order valence-corrected chi connectivity index (χ0v) is 10.5. The maximum atomic E-state index is 13.4. The van der Waals surface area contributed by atoms with Crippen LogP contribution in [0.4, 0.5) is 10.1 Å². The first-order chi connectivity index (χ1) is 9.09. The Morgan fingerprint density at radius 3 is 2.68 bits per heavy atom. The second-order valence-corrected chi connectivity index (χ2v) is 4.19. The maximum Gasteiger partial charge on any atom is 0.338 e. The second kappa shape index (κ2) is 5.52. The van der Waals surface area contributed by atoms with Crippen LogP contribution in [0.2, 0.25) is 0 Å². The van der Waals surface area contributed by atoms with E-state index in [2.05, 4.69) is 0 Å². The largest absolute Gasteiger partial charge is 0.457 e. The molecular weight excluding hydrogens is 245 g/mol. The number of hydrogen-bond acceptors (Lipinski definition) is 3. The predicted molar refractivity (Wildman–Crippen MR) is 71.1 cm³/mol. The number of anilines is 1. The summed E-state index contributed by atoms with van der Waals surface area (Å²) in [6.45, 7) is 1.65. The fraction of sp³-hybridized carbons (Fsp3) is 0.133. The van der Waals surface area contributed by atoms with Crippen LogP contribution in [0, 0.1) is 12.7 Å². The molecule has 2 rings (SSSR count). The molecule has 0 fully saturated rings. The molecule has 2 N–H and O–H groups in total. The Morgan fingerprint density at radius 1 is 1.21 bits per heavy atom. The lowest BCUT2D eigenvalue weighted by molar-refractivity contribution is 0.0468. The van der Waals surface area contributed by atoms with Crippen LogP contribution in [0.15, 0.2) is 42.5 Å². The molecule has 0 saturated heterocycles. The summed E-state index contributed by atoms with van der Waals surface area (Å²) in [5, 5.41) is 0. The molecule has 19 heavy (non-hydrogen) atoms. The molecule has 0 aliphatic rings. The van der Waals surface area contributed by atoms with Crippen LogP contribution in [0.1, 0.15) is 21.5 Å². The Hall–Kier alpha value is -2.36. The van der Waals surface area contributed by atoms with Crippen molar-refractivity contribution in [2.45, 2.75) is 13.5 Å². The van der Waals surface area contributed by atoms with Gasteiger partial charge in [0.15, 0.2) is 0 Å². The van der Waals surface area contributed by atoms with E-state index in [-0.39, 0.29) is 12.4 Å². The number of halogens is 1. The maximum absolute atomic E-state index is 13.4. The van der Waals surface area contributed by atoms with E-state index in [1.54, 1.807) is 43.3 Å². The molecule has 2 aromatic carbocycles. The van der Waals surface area contributed by atoms with E-state index in [0.29, 0.717) is 22.4 Å². The zero-order chi connectivity index (χ0) is 13.8. The minimum absolute atomic E-state index is 0.0975. The molecule has 0 atom stereocenters. The van der Waals surface area contributed by atoms with Gasteiger partial charge in [0.2, 0.25) is 0 Å². The van der Waals surface area contributed by atoms with Crippen LogP contribution in [0.3, 0.4) is 0 Å². The molecule has 0 amide bonds. The van der Waals surface area contributed by atoms with Crippen molar-refractivity contribution in [3.63, 3.8) is 0 Å². The molecule has 0 radical (unpaired) electrons. The van der Waals surface area contributed by atoms with Crippen LogP contribution in [-0.2, 0) is 11.3 Å². The molecule has 0 unspecified atom stereocenters. The van der Waals surface area contributed by atoms with Crippen molar-refractivity contribution >= 4 is 11.7 Å². The van der Waals surface area contributed by atoms with Gasteiger partial charge in [-0.3, -0.25) is 0 Å². The van der Waals surface area contributed by atoms with E-state index in [4.69, 9.17) is 10.5 Å². The lowest BCUT2D eigenvalue weighted by Crippen LogP contribution is -2.09. The van der Waals surface area contributed by atoms with Crippen LogP contribution in [0.5, 0.6) is 0 Å². The van der Waals surface area contributed by atoms with Gasteiger partial charge in [0.1, 0.15) is 12.4 Å². The highest BCUT2D eigenvalue weighted by atomic mass is 19.1. The summed E-state index contributed by atoms with van der Waals surface area (Å²) in [6, 6.07) is 11.2. The Kier molecular flexibility index (Phi) is 3.80. The van der Waals surface area contributed by atoms with Gasteiger partial charge in [0.25, 0.3) is 0 Å². The first-order valence-electron chi connectivity index (χ1n) is 5.85. The van der Waals surface area contributed by atoms with Crippen molar-refractivity contribution in [2.24, 2.45) is 0 Å². The third-order valence-electron chi connectivity index (χ3n) is 2.91. The first kappa shape index (κ1) is 13.1. The van der Waals surface area contributed by atoms with Crippen molar-refractivity contribution < 1.29 is 13.9 Å². The zero-order valence-electron chi connectivity index (χ0n) is 10.5. The van der Waals surface area contributed by atoms with Crippen molar-refractivity contribution in [3.05, 3.63) is 65.0 Å². The quantitative estimate of drug-likeness (QED) is 0.680. The normalized spacial score (nSPS) is 10.2. The number of rotatable bonds is 3. The van der Waals surface area contributed by atoms with Gasteiger partial charge in [-0.05, 0) is 30.7 Å². The van der Waals surface area contributed by atoms with Gasteiger partial charge in [-0.15, -0.1) is 0 Å². The van der Waals surface area contributed by atoms with E-state index in [1.165, 1.54) is 6.07 Å². The second-order valence-electron chi connectivity index (χ2n) is 4.19. The molecule has 0 spiro atoms. The SMILES string of the molecule is Cc1c(N)cccc1C(=O)OCc1ccccc1F. The van der Waals surface area contributed by atoms with E-state index in [9.17, 15) is 9.18 Å². The predicted octanol–water partition coefficient (Wildman–Crippen LogP) is 3.07. The van der Waals surface area contributed by atoms with Gasteiger partial charge in [-0.1, -0.05) is 24.3 Å². The number of benzene rings is 2. The summed E-state index contributed by atoms with van der Waals surface area (Å²) >= 11 is 0. The summed E-state index contributed by atoms with van der Waals surface area (Å²) in [6.07, 6.45) is 0. The van der Waals surface area contributed by atoms with Crippen molar-refractivity contribution in [1.82, 2.24) is 0 Å². The van der Waals surface area contributed by atoms with Gasteiger partial charge in [-0.25, -0.2) is 9.18 Å². The average Bonchev–Trinajstić information content (AvgIpc) is 2.40. The highest BCUT2D eigenvalue weighted by Gasteiger charge is 2.12. The molecule has 0 aliphatic carbocycles. The number of ether oxygens (including phenoxy) is 1. The van der Waals surface area contributed by atoms with Gasteiger partial charge in [0, 0.05) is 11.3 Å². The molecule has 0 saturated carbocycles. The minimum Gasteiger partial charge on any atom is -0.457 e. The monoisotopic (exact) mass is 259 g/mol. The number of nitrogen functional groups attached to an aromatic ring is 1. The molecular formula is C15H14FNO2. The Bertz CT molecular complexity index is 611. The highest BCUT2D eigenvalue weighted by molar-refractivity contribution is 5.92. The van der Waals surface area contributed by atoms with Crippen LogP contribution >= 0.6 is 0 Å². The molecule has 0 aromatic heterocycles. The summed E-state index contributed by atoms with van der Waals surface area (Å²) in [7, 11) is 0. The Morgan fingerprint density at radius 2 is 1.95 bits per heavy atom. The summed E-state index contributed by atoms with van der Waals surface area (Å²) in [5.74, 6) is -0.896. The van der Waals surface area contributed by atoms with Crippen molar-refractivity contribution in [1.29, 1.82) is 0 Å². The number of hydrogen-bond donors (Lipinski definition) is 1. The van der Waals surface area contributed by atoms with Gasteiger partial charge >= 0.3 is 5.97 Å². The summed E-state index contributed by atoms with van der Waals surface area (Å²) in [4.78, 5) is 11.9. The number of esters is 1. The molecule has 0 bridgehead atoms. The molecule has 98 valence electrons. The third-order valence-corrected chi connectivity index (χ3v) is 2.91. The summed E-state index contributed by atoms with van der Waals surface area (Å²) in [5.41, 5.74) is 7.66. The highest BCUT2D eigenvalue weighted by Crippen LogP contribution is 2.17. The Labute approximate surface area is 110 Å². The molecule has 0 aliphatic heterocycles. The minimum atomic E-state index is -0.506. The van der Waals surface area contributed by atoms with Crippen LogP contribution < -0.4 is 5.73 Å². The van der Waals surface area contributed by atoms with Gasteiger partial charge < -0.3 is 10.5 Å². The van der Waals surface area contributed by atoms with Gasteiger partial charge in [0.05, 0.1) is 5.56 Å². The smallest absolute Gasteiger partial charge is 0.338 e. The molecule has 4 heteroatoms. The third kappa shape index (κ3) is 2.91. The van der Waals surface area contributed by atoms with Crippen molar-refractivity contribution in [2.75, 3.05) is 5.73 Å². The van der Waals surface area contributed by atoms with Gasteiger partial charge in [-0.2, -0.15) is 0 Å². The van der Waals surface area contributed by atoms with Crippen molar-refractivity contribution in [3.8, 4) is 0 Å². The van der Waals surface area contributed by atoms with E-state index < -0.39 is 5.97 Å². The van der Waals surface area contributed by atoms with E-state index >= 15 is 0 Å². The average molecular weight is 259 g/mol. The first-order valence-corrected chi connectivity index (χ1v) is 5.85. The lowest BCUT2D eigenvalue weighted by atomic mass is 10.1. The van der Waals surface area contributed by atoms with Crippen LogP contribution in [-0.4, -0.2) is 5.97 Å². The molecule has 0 heterocycles.